The normalized spacial score (nSPS) is 23.5. The fourth-order valence-electron chi connectivity index (χ4n) is 5.82. The van der Waals surface area contributed by atoms with Gasteiger partial charge in [-0.05, 0) is 48.2 Å². The van der Waals surface area contributed by atoms with Crippen LogP contribution in [0.5, 0.6) is 0 Å². The highest BCUT2D eigenvalue weighted by atomic mass is 19.1. The van der Waals surface area contributed by atoms with Crippen LogP contribution in [0.4, 0.5) is 15.8 Å². The van der Waals surface area contributed by atoms with Gasteiger partial charge in [-0.1, -0.05) is 12.1 Å². The zero-order valence-corrected chi connectivity index (χ0v) is 16.9. The van der Waals surface area contributed by atoms with E-state index in [2.05, 4.69) is 44.9 Å². The maximum atomic E-state index is 13.7. The molecule has 3 aromatic rings. The number of benzene rings is 2. The molecule has 0 amide bonds. The lowest BCUT2D eigenvalue weighted by Crippen LogP contribution is -2.49. The zero-order chi connectivity index (χ0) is 19.5. The van der Waals surface area contributed by atoms with E-state index in [9.17, 15) is 4.39 Å². The summed E-state index contributed by atoms with van der Waals surface area (Å²) in [6.07, 6.45) is 4.24. The van der Waals surface area contributed by atoms with Crippen molar-refractivity contribution >= 4 is 22.3 Å². The Bertz CT molecular complexity index is 1070. The van der Waals surface area contributed by atoms with Crippen LogP contribution in [-0.4, -0.2) is 55.7 Å². The van der Waals surface area contributed by atoms with Crippen LogP contribution in [-0.2, 0) is 6.42 Å². The second-order valence-corrected chi connectivity index (χ2v) is 8.85. The minimum absolute atomic E-state index is 0.159. The van der Waals surface area contributed by atoms with Crippen molar-refractivity contribution < 1.29 is 4.39 Å². The van der Waals surface area contributed by atoms with E-state index >= 15 is 0 Å². The van der Waals surface area contributed by atoms with Crippen molar-refractivity contribution in [2.75, 3.05) is 49.6 Å². The molecule has 0 unspecified atom stereocenters. The number of aromatic amines is 1. The Morgan fingerprint density at radius 1 is 1.14 bits per heavy atom. The number of H-pyrrole nitrogens is 1. The minimum atomic E-state index is -0.159. The molecule has 2 aromatic carbocycles. The maximum Gasteiger partial charge on any atom is 0.123 e. The van der Waals surface area contributed by atoms with Crippen molar-refractivity contribution in [3.05, 3.63) is 59.5 Å². The lowest BCUT2D eigenvalue weighted by atomic mass is 9.89. The van der Waals surface area contributed by atoms with Crippen LogP contribution >= 0.6 is 0 Å². The van der Waals surface area contributed by atoms with Crippen LogP contribution in [0.1, 0.15) is 23.5 Å². The summed E-state index contributed by atoms with van der Waals surface area (Å²) >= 11 is 0. The number of aromatic nitrogens is 1. The number of hydrogen-bond donors (Lipinski definition) is 1. The average molecular weight is 391 g/mol. The highest BCUT2D eigenvalue weighted by molar-refractivity contribution is 5.83. The fraction of sp³-hybridized carbons (Fsp3) is 0.417. The van der Waals surface area contributed by atoms with Crippen LogP contribution in [0.25, 0.3) is 10.9 Å². The van der Waals surface area contributed by atoms with Crippen molar-refractivity contribution in [2.24, 2.45) is 0 Å². The number of rotatable bonds is 3. The van der Waals surface area contributed by atoms with Crippen LogP contribution < -0.4 is 9.80 Å². The summed E-state index contributed by atoms with van der Waals surface area (Å²) in [5.74, 6) is 0.443. The molecule has 3 aliphatic rings. The fourth-order valence-corrected chi connectivity index (χ4v) is 5.82. The number of hydrogen-bond acceptors (Lipinski definition) is 3. The number of halogens is 1. The van der Waals surface area contributed by atoms with E-state index in [1.165, 1.54) is 35.0 Å². The molecule has 150 valence electrons. The number of piperidine rings is 1. The molecular formula is C24H27FN4. The molecule has 0 bridgehead atoms. The highest BCUT2D eigenvalue weighted by Gasteiger charge is 2.44. The summed E-state index contributed by atoms with van der Waals surface area (Å²) in [6, 6.07) is 12.5. The summed E-state index contributed by atoms with van der Waals surface area (Å²) < 4.78 is 13.7. The number of likely N-dealkylation sites (tertiary alicyclic amines) is 1. The largest absolute Gasteiger partial charge is 0.371 e. The first-order valence-corrected chi connectivity index (χ1v) is 10.8. The Balaban J connectivity index is 1.22. The molecule has 29 heavy (non-hydrogen) atoms. The first-order chi connectivity index (χ1) is 14.2. The Kier molecular flexibility index (Phi) is 3.88. The van der Waals surface area contributed by atoms with Gasteiger partial charge in [-0.15, -0.1) is 0 Å². The first kappa shape index (κ1) is 17.3. The Morgan fingerprint density at radius 3 is 3.00 bits per heavy atom. The molecule has 0 spiro atoms. The number of nitrogens with one attached hydrogen (secondary N) is 1. The van der Waals surface area contributed by atoms with Gasteiger partial charge < -0.3 is 19.7 Å². The third-order valence-corrected chi connectivity index (χ3v) is 7.31. The molecule has 6 rings (SSSR count). The number of anilines is 2. The van der Waals surface area contributed by atoms with Gasteiger partial charge in [0.1, 0.15) is 5.82 Å². The van der Waals surface area contributed by atoms with Gasteiger partial charge in [0.2, 0.25) is 0 Å². The summed E-state index contributed by atoms with van der Waals surface area (Å²) in [6.45, 7) is 5.55. The monoisotopic (exact) mass is 390 g/mol. The maximum absolute atomic E-state index is 13.7. The molecule has 2 atom stereocenters. The Hall–Kier alpha value is -2.53. The third-order valence-electron chi connectivity index (χ3n) is 7.31. The quantitative estimate of drug-likeness (QED) is 0.733. The third kappa shape index (κ3) is 2.67. The smallest absolute Gasteiger partial charge is 0.123 e. The van der Waals surface area contributed by atoms with E-state index < -0.39 is 0 Å². The highest BCUT2D eigenvalue weighted by Crippen LogP contribution is 2.50. The van der Waals surface area contributed by atoms with Gasteiger partial charge in [0.25, 0.3) is 0 Å². The van der Waals surface area contributed by atoms with Gasteiger partial charge in [-0.25, -0.2) is 4.39 Å². The molecule has 1 fully saturated rings. The lowest BCUT2D eigenvalue weighted by Gasteiger charge is -2.41. The summed E-state index contributed by atoms with van der Waals surface area (Å²) in [7, 11) is 2.21. The summed E-state index contributed by atoms with van der Waals surface area (Å²) in [5, 5.41) is 1.02. The van der Waals surface area contributed by atoms with Crippen LogP contribution in [0.2, 0.25) is 0 Å². The molecule has 4 nitrogen and oxygen atoms in total. The lowest BCUT2D eigenvalue weighted by molar-refractivity contribution is 0.195. The number of para-hydroxylation sites is 1. The van der Waals surface area contributed by atoms with E-state index in [1.807, 2.05) is 12.3 Å². The van der Waals surface area contributed by atoms with Gasteiger partial charge in [0.15, 0.2) is 0 Å². The van der Waals surface area contributed by atoms with E-state index in [4.69, 9.17) is 0 Å². The number of fused-ring (bicyclic) bond motifs is 4. The van der Waals surface area contributed by atoms with Crippen LogP contribution in [0.3, 0.4) is 0 Å². The zero-order valence-electron chi connectivity index (χ0n) is 16.9. The van der Waals surface area contributed by atoms with E-state index in [0.29, 0.717) is 12.0 Å². The molecule has 1 saturated heterocycles. The Morgan fingerprint density at radius 2 is 2.07 bits per heavy atom. The molecule has 1 N–H and O–H groups in total. The van der Waals surface area contributed by atoms with Crippen molar-refractivity contribution in [1.82, 2.24) is 9.88 Å². The minimum Gasteiger partial charge on any atom is -0.371 e. The standard InChI is InChI=1S/C24H27FN4/c1-27-11-12-29-22-8-10-28(15-20(22)18-3-2-4-23(27)24(18)29)9-7-16-14-26-21-6-5-17(25)13-19(16)21/h2-6,13-14,20,22,26H,7-12,15H2,1H3/t20-,22-/m0/s1. The van der Waals surface area contributed by atoms with Gasteiger partial charge in [-0.3, -0.25) is 0 Å². The molecule has 5 heteroatoms. The molecule has 3 aliphatic heterocycles. The van der Waals surface area contributed by atoms with Gasteiger partial charge >= 0.3 is 0 Å². The van der Waals surface area contributed by atoms with E-state index in [-0.39, 0.29) is 5.82 Å². The Labute approximate surface area is 170 Å². The molecule has 0 radical (unpaired) electrons. The van der Waals surface area contributed by atoms with E-state index in [0.717, 1.165) is 50.0 Å². The van der Waals surface area contributed by atoms with Gasteiger partial charge in [-0.2, -0.15) is 0 Å². The van der Waals surface area contributed by atoms with E-state index in [1.54, 1.807) is 6.07 Å². The topological polar surface area (TPSA) is 25.5 Å². The van der Waals surface area contributed by atoms with Crippen molar-refractivity contribution in [2.45, 2.75) is 24.8 Å². The van der Waals surface area contributed by atoms with Crippen molar-refractivity contribution in [3.63, 3.8) is 0 Å². The van der Waals surface area contributed by atoms with Crippen LogP contribution in [0.15, 0.2) is 42.6 Å². The predicted octanol–water partition coefficient (Wildman–Crippen LogP) is 3.98. The van der Waals surface area contributed by atoms with Crippen molar-refractivity contribution in [1.29, 1.82) is 0 Å². The van der Waals surface area contributed by atoms with Crippen molar-refractivity contribution in [3.8, 4) is 0 Å². The predicted molar refractivity (Wildman–Crippen MR) is 117 cm³/mol. The molecular weight excluding hydrogens is 363 g/mol. The average Bonchev–Trinajstić information content (AvgIpc) is 3.28. The number of likely N-dealkylation sites (N-methyl/N-ethyl adjacent to an activating group) is 1. The van der Waals surface area contributed by atoms with Gasteiger partial charge in [0.05, 0.1) is 11.4 Å². The first-order valence-electron chi connectivity index (χ1n) is 10.8. The van der Waals surface area contributed by atoms with Gasteiger partial charge in [0, 0.05) is 68.8 Å². The summed E-state index contributed by atoms with van der Waals surface area (Å²) in [4.78, 5) is 11.0. The molecule has 1 aromatic heterocycles. The summed E-state index contributed by atoms with van der Waals surface area (Å²) in [5.41, 5.74) is 6.67. The SMILES string of the molecule is CN1CCN2c3c(cccc31)[C@@H]1CN(CCc3c[nH]c4ccc(F)cc34)CC[C@@H]12. The number of nitrogens with zero attached hydrogens (tertiary/aromatic N) is 3. The van der Waals surface area contributed by atoms with Crippen LogP contribution in [0, 0.1) is 5.82 Å². The second-order valence-electron chi connectivity index (χ2n) is 8.85. The molecule has 0 aliphatic carbocycles. The molecule has 4 heterocycles. The second kappa shape index (κ2) is 6.49. The molecule has 0 saturated carbocycles.